The number of likely N-dealkylation sites (tertiary alicyclic amines) is 1. The lowest BCUT2D eigenvalue weighted by Gasteiger charge is -2.26. The summed E-state index contributed by atoms with van der Waals surface area (Å²) in [5.74, 6) is 1.66. The molecule has 1 aromatic carbocycles. The van der Waals surface area contributed by atoms with E-state index in [1.807, 2.05) is 0 Å². The highest BCUT2D eigenvalue weighted by Crippen LogP contribution is 2.41. The molecule has 2 nitrogen and oxygen atoms in total. The van der Waals surface area contributed by atoms with Gasteiger partial charge in [-0.2, -0.15) is 0 Å². The summed E-state index contributed by atoms with van der Waals surface area (Å²) in [5.41, 5.74) is 3.08. The highest BCUT2D eigenvalue weighted by Gasteiger charge is 2.34. The largest absolute Gasteiger partial charge is 0.314 e. The summed E-state index contributed by atoms with van der Waals surface area (Å²) in [4.78, 5) is 2.55. The molecule has 20 heavy (non-hydrogen) atoms. The van der Waals surface area contributed by atoms with E-state index in [0.29, 0.717) is 6.04 Å². The molecular weight excluding hydrogens is 244 g/mol. The van der Waals surface area contributed by atoms with Gasteiger partial charge >= 0.3 is 0 Å². The second-order valence-corrected chi connectivity index (χ2v) is 7.10. The van der Waals surface area contributed by atoms with Gasteiger partial charge in [-0.25, -0.2) is 0 Å². The maximum Gasteiger partial charge on any atom is 0.0385 e. The zero-order valence-electron chi connectivity index (χ0n) is 12.5. The minimum Gasteiger partial charge on any atom is -0.314 e. The van der Waals surface area contributed by atoms with E-state index in [1.54, 1.807) is 5.56 Å². The third kappa shape index (κ3) is 2.64. The smallest absolute Gasteiger partial charge is 0.0385 e. The lowest BCUT2D eigenvalue weighted by molar-refractivity contribution is 0.272. The average molecular weight is 270 g/mol. The summed E-state index contributed by atoms with van der Waals surface area (Å²) < 4.78 is 0. The van der Waals surface area contributed by atoms with Crippen molar-refractivity contribution < 1.29 is 0 Å². The minimum absolute atomic E-state index is 0.620. The Balaban J connectivity index is 1.47. The SMILES string of the molecule is CN1CCC(CNC2CC2)C1c1ccc(C2CC2)cc1. The van der Waals surface area contributed by atoms with E-state index in [0.717, 1.165) is 17.9 Å². The van der Waals surface area contributed by atoms with Crippen LogP contribution in [0.15, 0.2) is 24.3 Å². The first kappa shape index (κ1) is 12.8. The van der Waals surface area contributed by atoms with Crippen molar-refractivity contribution in [3.05, 3.63) is 35.4 Å². The molecule has 2 heteroatoms. The summed E-state index contributed by atoms with van der Waals surface area (Å²) in [5, 5.41) is 3.73. The highest BCUT2D eigenvalue weighted by molar-refractivity contribution is 5.30. The third-order valence-corrected chi connectivity index (χ3v) is 5.35. The molecule has 2 aliphatic carbocycles. The van der Waals surface area contributed by atoms with Crippen molar-refractivity contribution in [3.8, 4) is 0 Å². The van der Waals surface area contributed by atoms with Gasteiger partial charge in [-0.15, -0.1) is 0 Å². The van der Waals surface area contributed by atoms with Crippen molar-refractivity contribution in [1.82, 2.24) is 10.2 Å². The zero-order chi connectivity index (χ0) is 13.5. The first-order valence-electron chi connectivity index (χ1n) is 8.35. The van der Waals surface area contributed by atoms with Gasteiger partial charge in [-0.05, 0) is 68.7 Å². The Labute approximate surface area is 122 Å². The number of nitrogens with zero attached hydrogens (tertiary/aromatic N) is 1. The molecule has 1 saturated heterocycles. The molecule has 2 unspecified atom stereocenters. The molecule has 1 aliphatic heterocycles. The highest BCUT2D eigenvalue weighted by atomic mass is 15.2. The monoisotopic (exact) mass is 270 g/mol. The maximum absolute atomic E-state index is 3.73. The molecule has 3 aliphatic rings. The summed E-state index contributed by atoms with van der Waals surface area (Å²) in [6, 6.07) is 11.0. The molecule has 1 heterocycles. The van der Waals surface area contributed by atoms with Crippen LogP contribution in [0.1, 0.15) is 55.2 Å². The predicted molar refractivity (Wildman–Crippen MR) is 82.9 cm³/mol. The van der Waals surface area contributed by atoms with Gasteiger partial charge in [-0.3, -0.25) is 4.90 Å². The van der Waals surface area contributed by atoms with Gasteiger partial charge in [0.1, 0.15) is 0 Å². The molecule has 4 rings (SSSR count). The Hall–Kier alpha value is -0.860. The Morgan fingerprint density at radius 1 is 1.00 bits per heavy atom. The summed E-state index contributed by atoms with van der Waals surface area (Å²) in [6.45, 7) is 2.44. The minimum atomic E-state index is 0.620. The van der Waals surface area contributed by atoms with Crippen LogP contribution in [-0.4, -0.2) is 31.1 Å². The van der Waals surface area contributed by atoms with Crippen LogP contribution in [-0.2, 0) is 0 Å². The van der Waals surface area contributed by atoms with E-state index in [2.05, 4.69) is 41.5 Å². The molecule has 2 saturated carbocycles. The van der Waals surface area contributed by atoms with Crippen LogP contribution in [0.5, 0.6) is 0 Å². The second-order valence-electron chi connectivity index (χ2n) is 7.10. The van der Waals surface area contributed by atoms with E-state index < -0.39 is 0 Å². The van der Waals surface area contributed by atoms with Gasteiger partial charge in [0, 0.05) is 18.6 Å². The number of hydrogen-bond acceptors (Lipinski definition) is 2. The van der Waals surface area contributed by atoms with E-state index in [1.165, 1.54) is 50.8 Å². The van der Waals surface area contributed by atoms with Crippen LogP contribution in [0.3, 0.4) is 0 Å². The fourth-order valence-corrected chi connectivity index (χ4v) is 3.75. The summed E-state index contributed by atoms with van der Waals surface area (Å²) in [6.07, 6.45) is 6.92. The van der Waals surface area contributed by atoms with Crippen molar-refractivity contribution in [3.63, 3.8) is 0 Å². The Kier molecular flexibility index (Phi) is 3.31. The molecule has 1 aromatic rings. The number of benzene rings is 1. The van der Waals surface area contributed by atoms with E-state index in [-0.39, 0.29) is 0 Å². The standard InChI is InChI=1S/C18H26N2/c1-20-11-10-16(12-19-17-8-9-17)18(20)15-6-4-14(5-7-15)13-2-3-13/h4-7,13,16-19H,2-3,8-12H2,1H3. The summed E-state index contributed by atoms with van der Waals surface area (Å²) in [7, 11) is 2.29. The van der Waals surface area contributed by atoms with Crippen LogP contribution >= 0.6 is 0 Å². The molecule has 0 spiro atoms. The normalized spacial score (nSPS) is 30.9. The van der Waals surface area contributed by atoms with Crippen LogP contribution in [0.25, 0.3) is 0 Å². The number of nitrogens with one attached hydrogen (secondary N) is 1. The lowest BCUT2D eigenvalue weighted by Crippen LogP contribution is -2.29. The van der Waals surface area contributed by atoms with Crippen molar-refractivity contribution >= 4 is 0 Å². The fraction of sp³-hybridized carbons (Fsp3) is 0.667. The zero-order valence-corrected chi connectivity index (χ0v) is 12.5. The first-order chi connectivity index (χ1) is 9.81. The van der Waals surface area contributed by atoms with E-state index in [4.69, 9.17) is 0 Å². The topological polar surface area (TPSA) is 15.3 Å². The van der Waals surface area contributed by atoms with Gasteiger partial charge < -0.3 is 5.32 Å². The predicted octanol–water partition coefficient (Wildman–Crippen LogP) is 3.31. The van der Waals surface area contributed by atoms with Crippen molar-refractivity contribution in [1.29, 1.82) is 0 Å². The quantitative estimate of drug-likeness (QED) is 0.883. The van der Waals surface area contributed by atoms with E-state index in [9.17, 15) is 0 Å². The molecule has 0 amide bonds. The molecule has 3 fully saturated rings. The molecular formula is C18H26N2. The number of rotatable bonds is 5. The third-order valence-electron chi connectivity index (χ3n) is 5.35. The molecule has 0 aromatic heterocycles. The average Bonchev–Trinajstić information content (AvgIpc) is 3.36. The maximum atomic E-state index is 3.73. The second kappa shape index (κ2) is 5.16. The Morgan fingerprint density at radius 2 is 1.70 bits per heavy atom. The van der Waals surface area contributed by atoms with Crippen molar-refractivity contribution in [2.24, 2.45) is 5.92 Å². The molecule has 1 N–H and O–H groups in total. The fourth-order valence-electron chi connectivity index (χ4n) is 3.75. The van der Waals surface area contributed by atoms with Gasteiger partial charge in [0.15, 0.2) is 0 Å². The Morgan fingerprint density at radius 3 is 2.35 bits per heavy atom. The molecule has 0 bridgehead atoms. The Bertz CT molecular complexity index is 459. The molecule has 2 atom stereocenters. The summed E-state index contributed by atoms with van der Waals surface area (Å²) >= 11 is 0. The van der Waals surface area contributed by atoms with Crippen LogP contribution in [0, 0.1) is 5.92 Å². The van der Waals surface area contributed by atoms with Crippen LogP contribution in [0.2, 0.25) is 0 Å². The lowest BCUT2D eigenvalue weighted by atomic mass is 9.92. The van der Waals surface area contributed by atoms with Gasteiger partial charge in [-0.1, -0.05) is 24.3 Å². The molecule has 0 radical (unpaired) electrons. The van der Waals surface area contributed by atoms with Crippen LogP contribution < -0.4 is 5.32 Å². The van der Waals surface area contributed by atoms with Gasteiger partial charge in [0.05, 0.1) is 0 Å². The first-order valence-corrected chi connectivity index (χ1v) is 8.35. The van der Waals surface area contributed by atoms with Crippen LogP contribution in [0.4, 0.5) is 0 Å². The van der Waals surface area contributed by atoms with Gasteiger partial charge in [0.2, 0.25) is 0 Å². The molecule has 108 valence electrons. The van der Waals surface area contributed by atoms with Crippen molar-refractivity contribution in [2.75, 3.05) is 20.1 Å². The number of hydrogen-bond donors (Lipinski definition) is 1. The van der Waals surface area contributed by atoms with Crippen molar-refractivity contribution in [2.45, 2.75) is 50.1 Å². The van der Waals surface area contributed by atoms with E-state index >= 15 is 0 Å². The van der Waals surface area contributed by atoms with Gasteiger partial charge in [0.25, 0.3) is 0 Å².